The maximum Gasteiger partial charge on any atom is 0.253 e. The Hall–Kier alpha value is -1.88. The average Bonchev–Trinajstić information content (AvgIpc) is 3.16. The highest BCUT2D eigenvalue weighted by molar-refractivity contribution is 5.98. The van der Waals surface area contributed by atoms with Gasteiger partial charge >= 0.3 is 0 Å². The molecule has 1 unspecified atom stereocenters. The maximum atomic E-state index is 12.8. The second-order valence-corrected chi connectivity index (χ2v) is 6.82. The molecule has 0 bridgehead atoms. The Labute approximate surface area is 130 Å². The molecule has 1 spiro atoms. The molecule has 2 amide bonds. The lowest BCUT2D eigenvalue weighted by Crippen LogP contribution is -2.33. The summed E-state index contributed by atoms with van der Waals surface area (Å²) >= 11 is 0. The van der Waals surface area contributed by atoms with Crippen molar-refractivity contribution in [2.45, 2.75) is 25.7 Å². The van der Waals surface area contributed by atoms with E-state index in [1.807, 2.05) is 23.1 Å². The predicted octanol–water partition coefficient (Wildman–Crippen LogP) is 1.40. The van der Waals surface area contributed by atoms with Crippen molar-refractivity contribution in [2.24, 2.45) is 5.41 Å². The topological polar surface area (TPSA) is 61.4 Å². The summed E-state index contributed by atoms with van der Waals surface area (Å²) < 4.78 is 0. The van der Waals surface area contributed by atoms with Gasteiger partial charge in [-0.2, -0.15) is 0 Å². The molecule has 22 heavy (non-hydrogen) atoms. The van der Waals surface area contributed by atoms with Crippen molar-refractivity contribution >= 4 is 17.5 Å². The molecule has 2 saturated heterocycles. The van der Waals surface area contributed by atoms with Crippen LogP contribution in [-0.2, 0) is 11.2 Å². The van der Waals surface area contributed by atoms with Crippen molar-refractivity contribution in [3.05, 3.63) is 29.3 Å². The normalized spacial score (nSPS) is 27.1. The molecule has 1 atom stereocenters. The number of hydrogen-bond acceptors (Lipinski definition) is 3. The van der Waals surface area contributed by atoms with E-state index >= 15 is 0 Å². The van der Waals surface area contributed by atoms with Crippen LogP contribution in [0.15, 0.2) is 18.2 Å². The van der Waals surface area contributed by atoms with E-state index < -0.39 is 0 Å². The molecule has 5 nitrogen and oxygen atoms in total. The van der Waals surface area contributed by atoms with Gasteiger partial charge in [-0.3, -0.25) is 9.59 Å². The first kappa shape index (κ1) is 13.8. The molecule has 116 valence electrons. The van der Waals surface area contributed by atoms with Crippen LogP contribution in [0.4, 0.5) is 5.69 Å². The van der Waals surface area contributed by atoms with Crippen molar-refractivity contribution in [1.29, 1.82) is 0 Å². The van der Waals surface area contributed by atoms with Gasteiger partial charge in [0.1, 0.15) is 0 Å². The Bertz CT molecular complexity index is 635. The number of aryl methyl sites for hydroxylation is 1. The molecule has 1 aromatic carbocycles. The van der Waals surface area contributed by atoms with Crippen molar-refractivity contribution in [1.82, 2.24) is 10.2 Å². The largest absolute Gasteiger partial charge is 0.338 e. The maximum absolute atomic E-state index is 12.8. The summed E-state index contributed by atoms with van der Waals surface area (Å²) in [6.07, 6.45) is 3.50. The van der Waals surface area contributed by atoms with E-state index in [0.29, 0.717) is 11.8 Å². The zero-order valence-electron chi connectivity index (χ0n) is 12.7. The fourth-order valence-electron chi connectivity index (χ4n) is 3.95. The molecule has 0 aliphatic carbocycles. The number of nitrogens with one attached hydrogen (secondary N) is 2. The third-order valence-corrected chi connectivity index (χ3v) is 5.31. The Morgan fingerprint density at radius 3 is 2.95 bits per heavy atom. The summed E-state index contributed by atoms with van der Waals surface area (Å²) in [5.74, 6) is 0.185. The number of fused-ring (bicyclic) bond motifs is 1. The monoisotopic (exact) mass is 299 g/mol. The van der Waals surface area contributed by atoms with E-state index in [2.05, 4.69) is 10.6 Å². The van der Waals surface area contributed by atoms with Crippen molar-refractivity contribution in [3.8, 4) is 0 Å². The fraction of sp³-hybridized carbons (Fsp3) is 0.529. The lowest BCUT2D eigenvalue weighted by Gasteiger charge is -2.23. The van der Waals surface area contributed by atoms with E-state index in [0.717, 1.165) is 55.8 Å². The minimum absolute atomic E-state index is 0.0572. The first-order valence-corrected chi connectivity index (χ1v) is 8.08. The minimum atomic E-state index is 0.0572. The number of hydrogen-bond donors (Lipinski definition) is 2. The summed E-state index contributed by atoms with van der Waals surface area (Å²) in [6, 6.07) is 5.66. The number of nitrogens with zero attached hydrogens (tertiary/aromatic N) is 1. The number of carbonyl (C=O) groups excluding carboxylic acids is 2. The van der Waals surface area contributed by atoms with Gasteiger partial charge in [0, 0.05) is 42.7 Å². The van der Waals surface area contributed by atoms with Crippen LogP contribution in [0.2, 0.25) is 0 Å². The third kappa shape index (κ3) is 2.29. The van der Waals surface area contributed by atoms with E-state index in [-0.39, 0.29) is 11.8 Å². The first-order valence-electron chi connectivity index (χ1n) is 8.08. The second kappa shape index (κ2) is 5.09. The van der Waals surface area contributed by atoms with Gasteiger partial charge in [-0.25, -0.2) is 0 Å². The van der Waals surface area contributed by atoms with Crippen LogP contribution in [0.25, 0.3) is 0 Å². The van der Waals surface area contributed by atoms with Crippen molar-refractivity contribution in [2.75, 3.05) is 31.5 Å². The summed E-state index contributed by atoms with van der Waals surface area (Å²) in [5, 5.41) is 6.28. The van der Waals surface area contributed by atoms with Crippen molar-refractivity contribution < 1.29 is 9.59 Å². The summed E-state index contributed by atoms with van der Waals surface area (Å²) in [6.45, 7) is 3.83. The molecule has 2 fully saturated rings. The first-order chi connectivity index (χ1) is 10.7. The van der Waals surface area contributed by atoms with Gasteiger partial charge in [-0.15, -0.1) is 0 Å². The van der Waals surface area contributed by atoms with Crippen LogP contribution < -0.4 is 10.6 Å². The van der Waals surface area contributed by atoms with Gasteiger partial charge in [0.25, 0.3) is 5.91 Å². The predicted molar refractivity (Wildman–Crippen MR) is 83.8 cm³/mol. The molecule has 4 rings (SSSR count). The van der Waals surface area contributed by atoms with Crippen LogP contribution in [0.3, 0.4) is 0 Å². The number of rotatable bonds is 1. The molecular weight excluding hydrogens is 278 g/mol. The van der Waals surface area contributed by atoms with Gasteiger partial charge < -0.3 is 15.5 Å². The number of carbonyl (C=O) groups is 2. The average molecular weight is 299 g/mol. The van der Waals surface area contributed by atoms with Crippen LogP contribution in [0.5, 0.6) is 0 Å². The zero-order chi connectivity index (χ0) is 15.2. The van der Waals surface area contributed by atoms with Crippen LogP contribution in [0.1, 0.15) is 35.2 Å². The quantitative estimate of drug-likeness (QED) is 0.824. The van der Waals surface area contributed by atoms with E-state index in [4.69, 9.17) is 0 Å². The molecule has 1 aromatic rings. The second-order valence-electron chi connectivity index (χ2n) is 6.82. The number of benzene rings is 1. The van der Waals surface area contributed by atoms with Gasteiger partial charge in [0.15, 0.2) is 0 Å². The standard InChI is InChI=1S/C17H21N3O2/c21-15-4-2-12-9-13(1-3-14(12)19-15)16(22)20-8-6-17(11-20)5-7-18-10-17/h1,3,9,18H,2,4-8,10-11H2,(H,19,21). The van der Waals surface area contributed by atoms with Gasteiger partial charge in [0.05, 0.1) is 0 Å². The number of amides is 2. The van der Waals surface area contributed by atoms with Crippen LogP contribution >= 0.6 is 0 Å². The molecular formula is C17H21N3O2. The lowest BCUT2D eigenvalue weighted by atomic mass is 9.86. The van der Waals surface area contributed by atoms with E-state index in [1.54, 1.807) is 0 Å². The van der Waals surface area contributed by atoms with Gasteiger partial charge in [-0.1, -0.05) is 0 Å². The highest BCUT2D eigenvalue weighted by Crippen LogP contribution is 2.36. The molecule has 3 aliphatic rings. The van der Waals surface area contributed by atoms with E-state index in [1.165, 1.54) is 6.42 Å². The van der Waals surface area contributed by atoms with Crippen LogP contribution in [-0.4, -0.2) is 42.9 Å². The summed E-state index contributed by atoms with van der Waals surface area (Å²) in [7, 11) is 0. The number of likely N-dealkylation sites (tertiary alicyclic amines) is 1. The molecule has 0 radical (unpaired) electrons. The Morgan fingerprint density at radius 1 is 1.23 bits per heavy atom. The smallest absolute Gasteiger partial charge is 0.253 e. The summed E-state index contributed by atoms with van der Waals surface area (Å²) in [4.78, 5) is 26.2. The van der Waals surface area contributed by atoms with Crippen molar-refractivity contribution in [3.63, 3.8) is 0 Å². The molecule has 5 heteroatoms. The zero-order valence-corrected chi connectivity index (χ0v) is 12.7. The highest BCUT2D eigenvalue weighted by atomic mass is 16.2. The number of anilines is 1. The van der Waals surface area contributed by atoms with Crippen LogP contribution in [0, 0.1) is 5.41 Å². The molecule has 3 aliphatic heterocycles. The van der Waals surface area contributed by atoms with Gasteiger partial charge in [-0.05, 0) is 49.6 Å². The molecule has 3 heterocycles. The molecule has 0 saturated carbocycles. The third-order valence-electron chi connectivity index (χ3n) is 5.31. The fourth-order valence-corrected chi connectivity index (χ4v) is 3.95. The Balaban J connectivity index is 1.52. The highest BCUT2D eigenvalue weighted by Gasteiger charge is 2.42. The lowest BCUT2D eigenvalue weighted by molar-refractivity contribution is -0.116. The molecule has 2 N–H and O–H groups in total. The summed E-state index contributed by atoms with van der Waals surface area (Å²) in [5.41, 5.74) is 2.98. The Kier molecular flexibility index (Phi) is 3.18. The molecule has 0 aromatic heterocycles. The Morgan fingerprint density at radius 2 is 2.14 bits per heavy atom. The minimum Gasteiger partial charge on any atom is -0.338 e. The van der Waals surface area contributed by atoms with Gasteiger partial charge in [0.2, 0.25) is 5.91 Å². The van der Waals surface area contributed by atoms with E-state index in [9.17, 15) is 9.59 Å². The SMILES string of the molecule is O=C1CCc2cc(C(=O)N3CCC4(CCNC4)C3)ccc2N1.